The Kier molecular flexibility index (Phi) is 3.04. The fourth-order valence-corrected chi connectivity index (χ4v) is 2.66. The van der Waals surface area contributed by atoms with Crippen LogP contribution in [-0.2, 0) is 0 Å². The highest BCUT2D eigenvalue weighted by molar-refractivity contribution is 5.67. The lowest BCUT2D eigenvalue weighted by Crippen LogP contribution is -2.49. The van der Waals surface area contributed by atoms with Crippen LogP contribution in [0.3, 0.4) is 0 Å². The van der Waals surface area contributed by atoms with E-state index >= 15 is 0 Å². The third-order valence-corrected chi connectivity index (χ3v) is 3.48. The summed E-state index contributed by atoms with van der Waals surface area (Å²) in [5.74, 6) is 1.81. The minimum Gasteiger partial charge on any atom is -0.486 e. The molecule has 1 aromatic rings. The van der Waals surface area contributed by atoms with Crippen LogP contribution in [0.4, 0.5) is 5.69 Å². The molecule has 0 aromatic heterocycles. The van der Waals surface area contributed by atoms with Crippen LogP contribution in [0.2, 0.25) is 0 Å². The van der Waals surface area contributed by atoms with Crippen molar-refractivity contribution >= 4 is 5.69 Å². The molecule has 3 rings (SSSR count). The Morgan fingerprint density at radius 3 is 2.94 bits per heavy atom. The van der Waals surface area contributed by atoms with Gasteiger partial charge in [-0.05, 0) is 31.5 Å². The van der Waals surface area contributed by atoms with Gasteiger partial charge < -0.3 is 19.7 Å². The van der Waals surface area contributed by atoms with Gasteiger partial charge in [0.2, 0.25) is 0 Å². The van der Waals surface area contributed by atoms with E-state index in [0.717, 1.165) is 31.1 Å². The molecule has 1 atom stereocenters. The van der Waals surface area contributed by atoms with Gasteiger partial charge in [0.15, 0.2) is 11.5 Å². The van der Waals surface area contributed by atoms with Crippen molar-refractivity contribution in [1.82, 2.24) is 5.32 Å². The topological polar surface area (TPSA) is 33.7 Å². The molecule has 1 N–H and O–H groups in total. The van der Waals surface area contributed by atoms with Crippen molar-refractivity contribution in [1.29, 1.82) is 0 Å². The van der Waals surface area contributed by atoms with E-state index in [9.17, 15) is 0 Å². The minimum absolute atomic E-state index is 0.513. The summed E-state index contributed by atoms with van der Waals surface area (Å²) >= 11 is 0. The third-order valence-electron chi connectivity index (χ3n) is 3.48. The summed E-state index contributed by atoms with van der Waals surface area (Å²) in [5.41, 5.74) is 2.40. The lowest BCUT2D eigenvalue weighted by Gasteiger charge is -2.35. The molecule has 0 radical (unpaired) electrons. The SMILES string of the molecule is Cc1cc2c(c(N3CCNC(C)C3)c1)OCCO2. The van der Waals surface area contributed by atoms with E-state index in [1.807, 2.05) is 0 Å². The third kappa shape index (κ3) is 2.12. The predicted molar refractivity (Wildman–Crippen MR) is 71.8 cm³/mol. The average molecular weight is 248 g/mol. The standard InChI is InChI=1S/C14H20N2O2/c1-10-7-12(16-4-3-15-11(2)9-16)14-13(8-10)17-5-6-18-14/h7-8,11,15H,3-6,9H2,1-2H3. The molecule has 0 saturated carbocycles. The maximum atomic E-state index is 5.81. The first-order valence-corrected chi connectivity index (χ1v) is 6.62. The maximum Gasteiger partial charge on any atom is 0.184 e. The van der Waals surface area contributed by atoms with Crippen LogP contribution < -0.4 is 19.7 Å². The summed E-state index contributed by atoms with van der Waals surface area (Å²) in [6, 6.07) is 4.77. The van der Waals surface area contributed by atoms with Crippen molar-refractivity contribution < 1.29 is 9.47 Å². The van der Waals surface area contributed by atoms with Gasteiger partial charge in [-0.2, -0.15) is 0 Å². The number of nitrogens with zero attached hydrogens (tertiary/aromatic N) is 1. The largest absolute Gasteiger partial charge is 0.486 e. The number of hydrogen-bond donors (Lipinski definition) is 1. The van der Waals surface area contributed by atoms with Crippen molar-refractivity contribution in [3.63, 3.8) is 0 Å². The number of aryl methyl sites for hydroxylation is 1. The molecule has 0 spiro atoms. The van der Waals surface area contributed by atoms with Crippen molar-refractivity contribution in [3.8, 4) is 11.5 Å². The summed E-state index contributed by atoms with van der Waals surface area (Å²) in [7, 11) is 0. The Balaban J connectivity index is 1.97. The van der Waals surface area contributed by atoms with Crippen molar-refractivity contribution in [2.75, 3.05) is 37.7 Å². The van der Waals surface area contributed by atoms with Crippen LogP contribution in [0.1, 0.15) is 12.5 Å². The van der Waals surface area contributed by atoms with E-state index in [-0.39, 0.29) is 0 Å². The molecule has 18 heavy (non-hydrogen) atoms. The first-order chi connectivity index (χ1) is 8.74. The molecule has 1 unspecified atom stereocenters. The molecule has 1 fully saturated rings. The van der Waals surface area contributed by atoms with Crippen LogP contribution in [0, 0.1) is 6.92 Å². The van der Waals surface area contributed by atoms with Gasteiger partial charge in [-0.15, -0.1) is 0 Å². The smallest absolute Gasteiger partial charge is 0.184 e. The van der Waals surface area contributed by atoms with Crippen LogP contribution in [0.25, 0.3) is 0 Å². The molecular formula is C14H20N2O2. The summed E-state index contributed by atoms with van der Waals surface area (Å²) in [6.45, 7) is 8.66. The Hall–Kier alpha value is -1.42. The van der Waals surface area contributed by atoms with Crippen molar-refractivity contribution in [2.24, 2.45) is 0 Å². The molecule has 4 heteroatoms. The molecule has 0 amide bonds. The Morgan fingerprint density at radius 2 is 2.11 bits per heavy atom. The van der Waals surface area contributed by atoms with Gasteiger partial charge in [0.05, 0.1) is 5.69 Å². The normalized spacial score (nSPS) is 23.0. The molecule has 4 nitrogen and oxygen atoms in total. The van der Waals surface area contributed by atoms with Crippen LogP contribution in [0.15, 0.2) is 12.1 Å². The Morgan fingerprint density at radius 1 is 1.28 bits per heavy atom. The monoisotopic (exact) mass is 248 g/mol. The second-order valence-electron chi connectivity index (χ2n) is 5.11. The van der Waals surface area contributed by atoms with Crippen molar-refractivity contribution in [3.05, 3.63) is 17.7 Å². The summed E-state index contributed by atoms with van der Waals surface area (Å²) in [5, 5.41) is 3.46. The van der Waals surface area contributed by atoms with E-state index < -0.39 is 0 Å². The molecule has 98 valence electrons. The number of fused-ring (bicyclic) bond motifs is 1. The van der Waals surface area contributed by atoms with E-state index in [1.54, 1.807) is 0 Å². The van der Waals surface area contributed by atoms with Gasteiger partial charge >= 0.3 is 0 Å². The number of piperazine rings is 1. The zero-order chi connectivity index (χ0) is 12.5. The number of rotatable bonds is 1. The van der Waals surface area contributed by atoms with E-state index in [4.69, 9.17) is 9.47 Å². The number of anilines is 1. The highest BCUT2D eigenvalue weighted by Crippen LogP contribution is 2.41. The molecular weight excluding hydrogens is 228 g/mol. The van der Waals surface area contributed by atoms with Gasteiger partial charge in [0, 0.05) is 25.7 Å². The lowest BCUT2D eigenvalue weighted by molar-refractivity contribution is 0.171. The highest BCUT2D eigenvalue weighted by atomic mass is 16.6. The lowest BCUT2D eigenvalue weighted by atomic mass is 10.1. The second kappa shape index (κ2) is 4.69. The minimum atomic E-state index is 0.513. The van der Waals surface area contributed by atoms with Crippen LogP contribution in [0.5, 0.6) is 11.5 Å². The summed E-state index contributed by atoms with van der Waals surface area (Å²) in [4.78, 5) is 2.39. The number of ether oxygens (including phenoxy) is 2. The van der Waals surface area contributed by atoms with E-state index in [2.05, 4.69) is 36.2 Å². The highest BCUT2D eigenvalue weighted by Gasteiger charge is 2.23. The fraction of sp³-hybridized carbons (Fsp3) is 0.571. The number of hydrogen-bond acceptors (Lipinski definition) is 4. The van der Waals surface area contributed by atoms with Gasteiger partial charge in [0.25, 0.3) is 0 Å². The number of nitrogens with one attached hydrogen (secondary N) is 1. The van der Waals surface area contributed by atoms with Crippen LogP contribution in [-0.4, -0.2) is 38.9 Å². The Labute approximate surface area is 108 Å². The maximum absolute atomic E-state index is 5.81. The van der Waals surface area contributed by atoms with Gasteiger partial charge in [-0.25, -0.2) is 0 Å². The Bertz CT molecular complexity index is 448. The summed E-state index contributed by atoms with van der Waals surface area (Å²) < 4.78 is 11.5. The zero-order valence-electron chi connectivity index (χ0n) is 11.0. The van der Waals surface area contributed by atoms with E-state index in [0.29, 0.717) is 19.3 Å². The molecule has 1 aromatic carbocycles. The second-order valence-corrected chi connectivity index (χ2v) is 5.11. The van der Waals surface area contributed by atoms with E-state index in [1.165, 1.54) is 11.3 Å². The fourth-order valence-electron chi connectivity index (χ4n) is 2.66. The number of benzene rings is 1. The molecule has 2 aliphatic heterocycles. The summed E-state index contributed by atoms with van der Waals surface area (Å²) in [6.07, 6.45) is 0. The molecule has 2 aliphatic rings. The molecule has 0 aliphatic carbocycles. The van der Waals surface area contributed by atoms with Crippen molar-refractivity contribution in [2.45, 2.75) is 19.9 Å². The molecule has 2 heterocycles. The van der Waals surface area contributed by atoms with Gasteiger partial charge in [-0.3, -0.25) is 0 Å². The predicted octanol–water partition coefficient (Wildman–Crippen LogP) is 1.56. The van der Waals surface area contributed by atoms with Crippen LogP contribution >= 0.6 is 0 Å². The first-order valence-electron chi connectivity index (χ1n) is 6.62. The first kappa shape index (κ1) is 11.7. The molecule has 1 saturated heterocycles. The zero-order valence-corrected chi connectivity index (χ0v) is 11.0. The van der Waals surface area contributed by atoms with Gasteiger partial charge in [0.1, 0.15) is 13.2 Å². The average Bonchev–Trinajstić information content (AvgIpc) is 2.37. The van der Waals surface area contributed by atoms with Gasteiger partial charge in [-0.1, -0.05) is 0 Å². The molecule has 0 bridgehead atoms. The quantitative estimate of drug-likeness (QED) is 0.818.